The number of aromatic nitrogens is 6. The Bertz CT molecular complexity index is 2020. The molecule has 5 aromatic heterocycles. The van der Waals surface area contributed by atoms with Gasteiger partial charge in [0.15, 0.2) is 5.65 Å². The van der Waals surface area contributed by atoms with Crippen LogP contribution >= 0.6 is 11.3 Å². The van der Waals surface area contributed by atoms with E-state index in [0.717, 1.165) is 29.9 Å². The molecule has 6 heterocycles. The first kappa shape index (κ1) is 28.0. The first-order valence-corrected chi connectivity index (χ1v) is 14.5. The summed E-state index contributed by atoms with van der Waals surface area (Å²) in [4.78, 5) is 28.5. The lowest BCUT2D eigenvalue weighted by Crippen LogP contribution is -2.49. The molecule has 1 atom stereocenters. The lowest BCUT2D eigenvalue weighted by Gasteiger charge is -2.34. The summed E-state index contributed by atoms with van der Waals surface area (Å²) in [5.41, 5.74) is 0.526. The minimum absolute atomic E-state index is 0.157. The lowest BCUT2D eigenvalue weighted by atomic mass is 10.0. The highest BCUT2D eigenvalue weighted by Gasteiger charge is 2.34. The number of rotatable bonds is 5. The smallest absolute Gasteiger partial charge is 0.315 e. The number of nitrogens with one attached hydrogen (secondary N) is 1. The van der Waals surface area contributed by atoms with E-state index < -0.39 is 23.6 Å². The molecule has 1 aliphatic heterocycles. The van der Waals surface area contributed by atoms with Gasteiger partial charge in [-0.3, -0.25) is 14.7 Å². The summed E-state index contributed by atoms with van der Waals surface area (Å²) in [6, 6.07) is 13.3. The van der Waals surface area contributed by atoms with E-state index in [4.69, 9.17) is 0 Å². The second kappa shape index (κ2) is 11.0. The van der Waals surface area contributed by atoms with Gasteiger partial charge in [0.05, 0.1) is 17.3 Å². The molecule has 222 valence electrons. The lowest BCUT2D eigenvalue weighted by molar-refractivity contribution is -0.141. The second-order valence-corrected chi connectivity index (χ2v) is 11.4. The third-order valence-electron chi connectivity index (χ3n) is 7.48. The molecule has 1 aromatic carbocycles. The average molecular weight is 619 g/mol. The van der Waals surface area contributed by atoms with Crippen LogP contribution in [0, 0.1) is 5.82 Å². The number of amides is 1. The van der Waals surface area contributed by atoms with Crippen LogP contribution in [-0.4, -0.2) is 55.0 Å². The van der Waals surface area contributed by atoms with E-state index in [1.807, 2.05) is 0 Å². The van der Waals surface area contributed by atoms with Crippen molar-refractivity contribution in [2.24, 2.45) is 0 Å². The SMILES string of the molecule is O=C(c1ccc(-n2nnc3cccnc32)cc1F)N(c1nccc2sc(-c3ccnc(C(F)(F)F)c3)cc12)[C@@H]1CCCNC1. The highest BCUT2D eigenvalue weighted by molar-refractivity contribution is 7.22. The molecule has 9 nitrogen and oxygen atoms in total. The summed E-state index contributed by atoms with van der Waals surface area (Å²) in [5, 5.41) is 12.0. The zero-order chi connectivity index (χ0) is 30.4. The number of carbonyl (C=O) groups is 1. The Labute approximate surface area is 251 Å². The fraction of sp³-hybridized carbons (Fsp3) is 0.200. The third kappa shape index (κ3) is 5.05. The van der Waals surface area contributed by atoms with Crippen molar-refractivity contribution < 1.29 is 22.4 Å². The molecular formula is C30H22F4N8OS. The number of carbonyl (C=O) groups excluding carboxylic acids is 1. The van der Waals surface area contributed by atoms with Gasteiger partial charge in [-0.1, -0.05) is 5.21 Å². The summed E-state index contributed by atoms with van der Waals surface area (Å²) in [7, 11) is 0. The number of halogens is 4. The molecule has 0 aliphatic carbocycles. The highest BCUT2D eigenvalue weighted by Crippen LogP contribution is 2.40. The molecule has 7 rings (SSSR count). The Hall–Kier alpha value is -4.82. The number of thiophene rings is 1. The zero-order valence-corrected chi connectivity index (χ0v) is 23.6. The van der Waals surface area contributed by atoms with E-state index in [0.29, 0.717) is 51.5 Å². The minimum Gasteiger partial charge on any atom is -0.315 e. The average Bonchev–Trinajstić information content (AvgIpc) is 3.67. The van der Waals surface area contributed by atoms with Crippen LogP contribution in [-0.2, 0) is 6.18 Å². The van der Waals surface area contributed by atoms with Crippen molar-refractivity contribution in [3.8, 4) is 16.1 Å². The number of hydrogen-bond acceptors (Lipinski definition) is 8. The molecule has 0 saturated carbocycles. The number of alkyl halides is 3. The van der Waals surface area contributed by atoms with E-state index in [2.05, 4.69) is 30.6 Å². The maximum Gasteiger partial charge on any atom is 0.433 e. The van der Waals surface area contributed by atoms with Gasteiger partial charge >= 0.3 is 6.18 Å². The molecule has 1 aliphatic rings. The van der Waals surface area contributed by atoms with Crippen LogP contribution in [0.25, 0.3) is 37.4 Å². The summed E-state index contributed by atoms with van der Waals surface area (Å²) < 4.78 is 57.9. The van der Waals surface area contributed by atoms with Crippen LogP contribution in [0.3, 0.4) is 0 Å². The Balaban J connectivity index is 1.30. The van der Waals surface area contributed by atoms with Crippen molar-refractivity contribution in [2.75, 3.05) is 18.0 Å². The molecule has 1 fully saturated rings. The molecule has 0 spiro atoms. The molecule has 0 bridgehead atoms. The molecule has 0 radical (unpaired) electrons. The van der Waals surface area contributed by atoms with E-state index in [-0.39, 0.29) is 11.6 Å². The Kier molecular flexibility index (Phi) is 7.01. The van der Waals surface area contributed by atoms with Gasteiger partial charge in [-0.2, -0.15) is 17.9 Å². The van der Waals surface area contributed by atoms with Gasteiger partial charge in [0.1, 0.15) is 22.8 Å². The van der Waals surface area contributed by atoms with Crippen LogP contribution in [0.1, 0.15) is 28.9 Å². The summed E-state index contributed by atoms with van der Waals surface area (Å²) in [5.74, 6) is -1.03. The number of hydrogen-bond donors (Lipinski definition) is 1. The van der Waals surface area contributed by atoms with Gasteiger partial charge in [0.2, 0.25) is 0 Å². The van der Waals surface area contributed by atoms with Crippen molar-refractivity contribution in [1.29, 1.82) is 0 Å². The monoisotopic (exact) mass is 618 g/mol. The predicted octanol–water partition coefficient (Wildman–Crippen LogP) is 6.04. The van der Waals surface area contributed by atoms with Crippen molar-refractivity contribution >= 4 is 44.3 Å². The van der Waals surface area contributed by atoms with Crippen LogP contribution in [0.4, 0.5) is 23.4 Å². The van der Waals surface area contributed by atoms with Crippen LogP contribution in [0.2, 0.25) is 0 Å². The number of pyridine rings is 3. The normalized spacial score (nSPS) is 15.6. The number of benzene rings is 1. The molecule has 1 N–H and O–H groups in total. The van der Waals surface area contributed by atoms with Crippen LogP contribution in [0.5, 0.6) is 0 Å². The van der Waals surface area contributed by atoms with Crippen LogP contribution in [0.15, 0.2) is 73.2 Å². The Morgan fingerprint density at radius 1 is 1.02 bits per heavy atom. The Morgan fingerprint density at radius 3 is 2.68 bits per heavy atom. The first-order chi connectivity index (χ1) is 21.3. The summed E-state index contributed by atoms with van der Waals surface area (Å²) in [6.07, 6.45) is 1.11. The van der Waals surface area contributed by atoms with Gasteiger partial charge in [0.25, 0.3) is 5.91 Å². The van der Waals surface area contributed by atoms with E-state index in [1.54, 1.807) is 42.7 Å². The third-order valence-corrected chi connectivity index (χ3v) is 8.63. The quantitative estimate of drug-likeness (QED) is 0.235. The molecule has 6 aromatic rings. The second-order valence-electron chi connectivity index (χ2n) is 10.3. The van der Waals surface area contributed by atoms with E-state index >= 15 is 4.39 Å². The van der Waals surface area contributed by atoms with Crippen molar-refractivity contribution in [2.45, 2.75) is 25.1 Å². The van der Waals surface area contributed by atoms with Crippen LogP contribution < -0.4 is 10.2 Å². The molecule has 1 saturated heterocycles. The molecule has 1 amide bonds. The highest BCUT2D eigenvalue weighted by atomic mass is 32.1. The minimum atomic E-state index is -4.59. The Morgan fingerprint density at radius 2 is 1.89 bits per heavy atom. The molecular weight excluding hydrogens is 596 g/mol. The first-order valence-electron chi connectivity index (χ1n) is 13.7. The number of piperidine rings is 1. The number of fused-ring (bicyclic) bond motifs is 2. The van der Waals surface area contributed by atoms with Gasteiger partial charge in [-0.15, -0.1) is 16.4 Å². The zero-order valence-electron chi connectivity index (χ0n) is 22.8. The molecule has 44 heavy (non-hydrogen) atoms. The molecule has 14 heteroatoms. The predicted molar refractivity (Wildman–Crippen MR) is 157 cm³/mol. The van der Waals surface area contributed by atoms with Gasteiger partial charge in [0, 0.05) is 46.2 Å². The standard InChI is InChI=1S/C30H22F4N8OS/c31-22-14-18(42-28-23(39-40-42)4-2-10-37-28)5-6-20(22)29(43)41(19-3-1-9-35-16-19)27-21-15-25(44-24(21)8-12-38-27)17-7-11-36-26(13-17)30(32,33)34/h2,4-8,10-15,19,35H,1,3,9,16H2/t19-/m1/s1. The van der Waals surface area contributed by atoms with Crippen molar-refractivity contribution in [1.82, 2.24) is 35.3 Å². The van der Waals surface area contributed by atoms with Crippen molar-refractivity contribution in [3.05, 3.63) is 90.3 Å². The van der Waals surface area contributed by atoms with E-state index in [1.165, 1.54) is 39.1 Å². The fourth-order valence-electron chi connectivity index (χ4n) is 5.39. The maximum absolute atomic E-state index is 15.7. The summed E-state index contributed by atoms with van der Waals surface area (Å²) in [6.45, 7) is 1.25. The maximum atomic E-state index is 15.7. The molecule has 0 unspecified atom stereocenters. The van der Waals surface area contributed by atoms with Gasteiger partial charge < -0.3 is 5.32 Å². The fourth-order valence-corrected chi connectivity index (χ4v) is 6.44. The number of anilines is 1. The van der Waals surface area contributed by atoms with Gasteiger partial charge in [-0.25, -0.2) is 14.4 Å². The van der Waals surface area contributed by atoms with Gasteiger partial charge in [-0.05, 0) is 73.5 Å². The number of nitrogens with zero attached hydrogens (tertiary/aromatic N) is 7. The van der Waals surface area contributed by atoms with Crippen molar-refractivity contribution in [3.63, 3.8) is 0 Å². The summed E-state index contributed by atoms with van der Waals surface area (Å²) >= 11 is 1.28. The van der Waals surface area contributed by atoms with E-state index in [9.17, 15) is 18.0 Å². The largest absolute Gasteiger partial charge is 0.433 e. The topological polar surface area (TPSA) is 102 Å².